The molecule has 3 rings (SSSR count). The maximum atomic E-state index is 12.7. The number of aliphatic hydroxyl groups excluding tert-OH is 3. The van der Waals surface area contributed by atoms with Crippen molar-refractivity contribution in [3.63, 3.8) is 0 Å². The van der Waals surface area contributed by atoms with Crippen molar-refractivity contribution in [3.8, 4) is 0 Å². The van der Waals surface area contributed by atoms with Gasteiger partial charge in [-0.15, -0.1) is 0 Å². The zero-order valence-electron chi connectivity index (χ0n) is 24.9. The van der Waals surface area contributed by atoms with Crippen LogP contribution in [-0.2, 0) is 33.8 Å². The minimum Gasteiger partial charge on any atom is -0.467 e. The maximum Gasteiger partial charge on any atom is 0.249 e. The molecule has 2 heterocycles. The summed E-state index contributed by atoms with van der Waals surface area (Å²) in [5.74, 6) is -0.789. The number of carbonyl (C=O) groups is 1. The van der Waals surface area contributed by atoms with Gasteiger partial charge in [0, 0.05) is 12.6 Å². The van der Waals surface area contributed by atoms with E-state index in [1.54, 1.807) is 6.08 Å². The van der Waals surface area contributed by atoms with Crippen molar-refractivity contribution >= 4 is 15.9 Å². The molecule has 0 radical (unpaired) electrons. The Morgan fingerprint density at radius 2 is 1.82 bits per heavy atom. The Kier molecular flexibility index (Phi) is 13.3. The van der Waals surface area contributed by atoms with Crippen molar-refractivity contribution in [2.45, 2.75) is 99.1 Å². The highest BCUT2D eigenvalue weighted by atomic mass is 32.2. The van der Waals surface area contributed by atoms with Crippen molar-refractivity contribution in [2.24, 2.45) is 22.9 Å². The van der Waals surface area contributed by atoms with Gasteiger partial charge in [-0.25, -0.2) is 13.1 Å². The van der Waals surface area contributed by atoms with E-state index in [9.17, 15) is 33.6 Å². The molecule has 1 amide bonds. The Morgan fingerprint density at radius 3 is 2.43 bits per heavy atom. The molecule has 0 aromatic carbocycles. The lowest BCUT2D eigenvalue weighted by Gasteiger charge is -2.49. The number of hydrogen-bond acceptors (Lipinski definition) is 16. The Balaban J connectivity index is 1.88. The van der Waals surface area contributed by atoms with Gasteiger partial charge in [0.15, 0.2) is 6.29 Å². The third-order valence-corrected chi connectivity index (χ3v) is 9.36. The minimum atomic E-state index is -3.81. The summed E-state index contributed by atoms with van der Waals surface area (Å²) in [5, 5.41) is 48.8. The lowest BCUT2D eigenvalue weighted by molar-refractivity contribution is -0.304. The second-order valence-electron chi connectivity index (χ2n) is 11.5. The molecule has 12 atom stereocenters. The topological polar surface area (TPSA) is 309 Å². The van der Waals surface area contributed by atoms with E-state index in [4.69, 9.17) is 41.9 Å². The smallest absolute Gasteiger partial charge is 0.249 e. The van der Waals surface area contributed by atoms with Gasteiger partial charge >= 0.3 is 0 Å². The molecule has 256 valence electrons. The van der Waals surface area contributed by atoms with Crippen molar-refractivity contribution in [3.05, 3.63) is 11.8 Å². The largest absolute Gasteiger partial charge is 0.467 e. The molecule has 0 aromatic rings. The Hall–Kier alpha value is -1.56. The average Bonchev–Trinajstić information content (AvgIpc) is 2.94. The monoisotopic (exact) mass is 655 g/mol. The summed E-state index contributed by atoms with van der Waals surface area (Å²) in [5.41, 5.74) is 21.6. The molecule has 18 nitrogen and oxygen atoms in total. The van der Waals surface area contributed by atoms with E-state index >= 15 is 0 Å². The number of hydrogen-bond donors (Lipinski definition) is 11. The van der Waals surface area contributed by atoms with Crippen LogP contribution in [-0.4, -0.2) is 147 Å². The van der Waals surface area contributed by atoms with Crippen LogP contribution in [0.5, 0.6) is 0 Å². The number of ether oxygens (including phenoxy) is 4. The van der Waals surface area contributed by atoms with E-state index in [0.717, 1.165) is 0 Å². The zero-order valence-corrected chi connectivity index (χ0v) is 25.8. The Morgan fingerprint density at radius 1 is 1.14 bits per heavy atom. The van der Waals surface area contributed by atoms with Crippen LogP contribution < -0.4 is 38.3 Å². The van der Waals surface area contributed by atoms with Crippen molar-refractivity contribution in [1.82, 2.24) is 15.4 Å². The number of nitrogens with one attached hydrogen (secondary N) is 3. The van der Waals surface area contributed by atoms with Gasteiger partial charge in [-0.1, -0.05) is 0 Å². The van der Waals surface area contributed by atoms with Crippen LogP contribution in [0, 0.1) is 0 Å². The van der Waals surface area contributed by atoms with Crippen LogP contribution >= 0.6 is 0 Å². The van der Waals surface area contributed by atoms with Gasteiger partial charge < -0.3 is 72.9 Å². The maximum absolute atomic E-state index is 12.7. The molecule has 2 fully saturated rings. The summed E-state index contributed by atoms with van der Waals surface area (Å²) in [6, 6.07) is -3.76. The Labute approximate surface area is 256 Å². The third-order valence-electron chi connectivity index (χ3n) is 7.93. The molecule has 0 spiro atoms. The van der Waals surface area contributed by atoms with Gasteiger partial charge in [0.1, 0.15) is 41.9 Å². The lowest BCUT2D eigenvalue weighted by Crippen LogP contribution is -2.69. The van der Waals surface area contributed by atoms with Gasteiger partial charge in [-0.2, -0.15) is 0 Å². The SMILES string of the molecule is CN[C@@H]1[C@@H](O)[C@@H](O[C@@H]2[C@@H](O)[C@H](O[C@H]3OC(CN)=CC[C@H]3NS(=O)(=O)CCN)[C@@H](N)C[C@H]2NC(=O)[C@@H](O)CCN)OC[C@]1(C)O. The first kappa shape index (κ1) is 36.9. The van der Waals surface area contributed by atoms with Gasteiger partial charge in [-0.3, -0.25) is 4.79 Å². The quantitative estimate of drug-likeness (QED) is 0.0829. The first-order chi connectivity index (χ1) is 20.7. The van der Waals surface area contributed by atoms with Crippen LogP contribution in [0.25, 0.3) is 0 Å². The summed E-state index contributed by atoms with van der Waals surface area (Å²) in [4.78, 5) is 12.7. The van der Waals surface area contributed by atoms with Crippen molar-refractivity contribution in [1.29, 1.82) is 0 Å². The van der Waals surface area contributed by atoms with Gasteiger partial charge in [0.2, 0.25) is 22.2 Å². The fraction of sp³-hybridized carbons (Fsp3) is 0.880. The molecule has 19 heteroatoms. The average molecular weight is 656 g/mol. The van der Waals surface area contributed by atoms with E-state index in [-0.39, 0.29) is 51.3 Å². The molecule has 15 N–H and O–H groups in total. The standard InChI is InChI=1S/C25H49N7O11S/c1-25(37)11-40-24(18(35)21(25)30-2)43-20-15(31-22(36)16(33)5-6-26)9-13(29)19(17(20)34)42-23-14(4-3-12(10-28)41-23)32-44(38,39)8-7-27/h3,13-21,23-24,30,32-35,37H,4-11,26-29H2,1-2H3,(H,31,36)/t13-,14+,15+,16-,17-,18+,19+,20-,21+,23+,24+,25-/m0/s1. The lowest BCUT2D eigenvalue weighted by atomic mass is 9.83. The highest BCUT2D eigenvalue weighted by Gasteiger charge is 2.52. The van der Waals surface area contributed by atoms with E-state index < -0.39 is 88.8 Å². The molecule has 0 aromatic heterocycles. The molecule has 44 heavy (non-hydrogen) atoms. The fourth-order valence-corrected chi connectivity index (χ4v) is 6.73. The fourth-order valence-electron chi connectivity index (χ4n) is 5.63. The highest BCUT2D eigenvalue weighted by Crippen LogP contribution is 2.32. The summed E-state index contributed by atoms with van der Waals surface area (Å²) in [7, 11) is -2.27. The first-order valence-electron chi connectivity index (χ1n) is 14.6. The Bertz CT molecular complexity index is 1080. The van der Waals surface area contributed by atoms with Crippen molar-refractivity contribution in [2.75, 3.05) is 39.0 Å². The van der Waals surface area contributed by atoms with Crippen LogP contribution in [0.15, 0.2) is 11.8 Å². The number of aliphatic hydroxyl groups is 4. The molecule has 2 aliphatic heterocycles. The second-order valence-corrected chi connectivity index (χ2v) is 13.4. The summed E-state index contributed by atoms with van der Waals surface area (Å²) < 4.78 is 51.1. The minimum absolute atomic E-state index is 0.000311. The van der Waals surface area contributed by atoms with Crippen LogP contribution in [0.4, 0.5) is 0 Å². The van der Waals surface area contributed by atoms with Crippen LogP contribution in [0.2, 0.25) is 0 Å². The summed E-state index contributed by atoms with van der Waals surface area (Å²) in [6.07, 6.45) is -7.95. The first-order valence-corrected chi connectivity index (χ1v) is 16.2. The molecule has 1 saturated carbocycles. The molecular formula is C25H49N7O11S. The third kappa shape index (κ3) is 9.04. The molecule has 0 bridgehead atoms. The summed E-state index contributed by atoms with van der Waals surface area (Å²) >= 11 is 0. The number of sulfonamides is 1. The van der Waals surface area contributed by atoms with E-state index in [0.29, 0.717) is 5.76 Å². The number of carbonyl (C=O) groups excluding carboxylic acids is 1. The molecular weight excluding hydrogens is 606 g/mol. The van der Waals surface area contributed by atoms with Crippen LogP contribution in [0.1, 0.15) is 26.2 Å². The predicted molar refractivity (Wildman–Crippen MR) is 156 cm³/mol. The van der Waals surface area contributed by atoms with Crippen LogP contribution in [0.3, 0.4) is 0 Å². The number of rotatable bonds is 14. The zero-order chi connectivity index (χ0) is 32.8. The second kappa shape index (κ2) is 15.8. The summed E-state index contributed by atoms with van der Waals surface area (Å²) in [6.45, 7) is 1.17. The number of nitrogens with two attached hydrogens (primary N) is 4. The van der Waals surface area contributed by atoms with E-state index in [1.807, 2.05) is 0 Å². The number of likely N-dealkylation sites (N-methyl/N-ethyl adjacent to an activating group) is 1. The number of amides is 1. The normalized spacial score (nSPS) is 38.8. The van der Waals surface area contributed by atoms with Gasteiger partial charge in [0.05, 0.1) is 37.0 Å². The molecule has 0 unspecified atom stereocenters. The highest BCUT2D eigenvalue weighted by molar-refractivity contribution is 7.89. The van der Waals surface area contributed by atoms with E-state index in [1.165, 1.54) is 14.0 Å². The van der Waals surface area contributed by atoms with Gasteiger partial charge in [0.25, 0.3) is 0 Å². The van der Waals surface area contributed by atoms with Crippen molar-refractivity contribution < 1.29 is 52.6 Å². The van der Waals surface area contributed by atoms with E-state index in [2.05, 4.69) is 15.4 Å². The molecule has 1 aliphatic carbocycles. The molecule has 1 saturated heterocycles. The van der Waals surface area contributed by atoms with Gasteiger partial charge in [-0.05, 0) is 45.9 Å². The predicted octanol–water partition coefficient (Wildman–Crippen LogP) is -6.06. The molecule has 3 aliphatic rings.